The highest BCUT2D eigenvalue weighted by Crippen LogP contribution is 2.55. The van der Waals surface area contributed by atoms with Crippen molar-refractivity contribution in [2.24, 2.45) is 5.92 Å². The number of carbonyl (C=O) groups excluding carboxylic acids is 2. The standard InChI is InChI=1S/C20H19NO3/c1-20(15-10-6-3-7-11-15)12-16(20)18(22)21-17(13-24-19(21)23)14-8-4-2-5-9-14/h2-11,16-17H,12-13H2,1H3/t16?,17-,20-/m1/s1. The van der Waals surface area contributed by atoms with Crippen molar-refractivity contribution in [2.45, 2.75) is 24.8 Å². The molecule has 2 fully saturated rings. The molecule has 0 N–H and O–H groups in total. The van der Waals surface area contributed by atoms with Crippen LogP contribution in [0.4, 0.5) is 4.79 Å². The zero-order valence-electron chi connectivity index (χ0n) is 13.5. The molecule has 1 aliphatic carbocycles. The third-order valence-corrected chi connectivity index (χ3v) is 5.26. The fourth-order valence-electron chi connectivity index (χ4n) is 3.62. The highest BCUT2D eigenvalue weighted by molar-refractivity contribution is 5.97. The van der Waals surface area contributed by atoms with Gasteiger partial charge in [0, 0.05) is 11.3 Å². The quantitative estimate of drug-likeness (QED) is 0.866. The lowest BCUT2D eigenvalue weighted by atomic mass is 9.95. The van der Waals surface area contributed by atoms with E-state index in [0.717, 1.165) is 17.5 Å². The van der Waals surface area contributed by atoms with Gasteiger partial charge in [0.2, 0.25) is 5.91 Å². The zero-order chi connectivity index (χ0) is 16.7. The van der Waals surface area contributed by atoms with E-state index in [-0.39, 0.29) is 29.9 Å². The van der Waals surface area contributed by atoms with Gasteiger partial charge in [0.05, 0.1) is 0 Å². The minimum absolute atomic E-state index is 0.127. The summed E-state index contributed by atoms with van der Waals surface area (Å²) in [4.78, 5) is 26.5. The molecule has 4 nitrogen and oxygen atoms in total. The van der Waals surface area contributed by atoms with Crippen LogP contribution < -0.4 is 0 Å². The maximum Gasteiger partial charge on any atom is 0.417 e. The summed E-state index contributed by atoms with van der Waals surface area (Å²) in [6.07, 6.45) is 0.234. The molecule has 1 heterocycles. The Hall–Kier alpha value is -2.62. The van der Waals surface area contributed by atoms with Crippen LogP contribution in [-0.4, -0.2) is 23.5 Å². The van der Waals surface area contributed by atoms with Gasteiger partial charge in [0.1, 0.15) is 12.6 Å². The molecule has 3 atom stereocenters. The molecule has 24 heavy (non-hydrogen) atoms. The zero-order valence-corrected chi connectivity index (χ0v) is 13.5. The molecule has 0 spiro atoms. The number of amides is 2. The molecule has 1 saturated carbocycles. The second-order valence-corrected chi connectivity index (χ2v) is 6.75. The molecule has 0 radical (unpaired) electrons. The van der Waals surface area contributed by atoms with Crippen LogP contribution in [0.5, 0.6) is 0 Å². The molecule has 1 saturated heterocycles. The monoisotopic (exact) mass is 321 g/mol. The normalized spacial score (nSPS) is 28.5. The molecule has 1 aliphatic heterocycles. The van der Waals surface area contributed by atoms with Crippen LogP contribution >= 0.6 is 0 Å². The smallest absolute Gasteiger partial charge is 0.417 e. The number of rotatable bonds is 3. The van der Waals surface area contributed by atoms with E-state index in [0.29, 0.717) is 0 Å². The minimum Gasteiger partial charge on any atom is -0.446 e. The van der Waals surface area contributed by atoms with Crippen molar-refractivity contribution < 1.29 is 14.3 Å². The summed E-state index contributed by atoms with van der Waals surface area (Å²) >= 11 is 0. The van der Waals surface area contributed by atoms with Crippen molar-refractivity contribution in [1.29, 1.82) is 0 Å². The van der Waals surface area contributed by atoms with Crippen molar-refractivity contribution in [3.05, 3.63) is 71.8 Å². The molecule has 2 amide bonds. The van der Waals surface area contributed by atoms with Gasteiger partial charge in [-0.2, -0.15) is 0 Å². The van der Waals surface area contributed by atoms with Gasteiger partial charge in [-0.3, -0.25) is 4.79 Å². The molecular formula is C20H19NO3. The van der Waals surface area contributed by atoms with E-state index in [9.17, 15) is 9.59 Å². The van der Waals surface area contributed by atoms with Crippen molar-refractivity contribution in [1.82, 2.24) is 4.90 Å². The maximum absolute atomic E-state index is 13.0. The molecule has 2 aromatic carbocycles. The molecule has 0 bridgehead atoms. The second kappa shape index (κ2) is 5.48. The number of cyclic esters (lactones) is 1. The SMILES string of the molecule is C[C@]1(c2ccccc2)CC1C(=O)N1C(=O)OC[C@@H]1c1ccccc1. The largest absolute Gasteiger partial charge is 0.446 e. The van der Waals surface area contributed by atoms with Crippen LogP contribution in [0.1, 0.15) is 30.5 Å². The number of imide groups is 1. The first-order valence-corrected chi connectivity index (χ1v) is 8.21. The summed E-state index contributed by atoms with van der Waals surface area (Å²) in [6, 6.07) is 19.3. The van der Waals surface area contributed by atoms with Crippen molar-refractivity contribution in [3.63, 3.8) is 0 Å². The fourth-order valence-corrected chi connectivity index (χ4v) is 3.62. The minimum atomic E-state index is -0.531. The molecule has 122 valence electrons. The maximum atomic E-state index is 13.0. The van der Waals surface area contributed by atoms with E-state index >= 15 is 0 Å². The lowest BCUT2D eigenvalue weighted by Gasteiger charge is -2.21. The van der Waals surface area contributed by atoms with Gasteiger partial charge in [0.25, 0.3) is 0 Å². The summed E-state index contributed by atoms with van der Waals surface area (Å²) in [6.45, 7) is 2.31. The van der Waals surface area contributed by atoms with Gasteiger partial charge < -0.3 is 4.74 Å². The molecule has 0 aromatic heterocycles. The van der Waals surface area contributed by atoms with E-state index < -0.39 is 6.09 Å². The summed E-state index contributed by atoms with van der Waals surface area (Å²) in [5, 5.41) is 0. The Morgan fingerprint density at radius 1 is 1.08 bits per heavy atom. The van der Waals surface area contributed by atoms with Crippen LogP contribution in [0.15, 0.2) is 60.7 Å². The number of ether oxygens (including phenoxy) is 1. The van der Waals surface area contributed by atoms with Crippen molar-refractivity contribution in [2.75, 3.05) is 6.61 Å². The molecule has 2 aromatic rings. The summed E-state index contributed by atoms with van der Waals surface area (Å²) < 4.78 is 5.17. The van der Waals surface area contributed by atoms with Gasteiger partial charge in [-0.15, -0.1) is 0 Å². The summed E-state index contributed by atoms with van der Waals surface area (Å²) in [7, 11) is 0. The summed E-state index contributed by atoms with van der Waals surface area (Å²) in [5.74, 6) is -0.297. The van der Waals surface area contributed by atoms with Crippen LogP contribution in [-0.2, 0) is 14.9 Å². The Morgan fingerprint density at radius 2 is 1.71 bits per heavy atom. The number of hydrogen-bond donors (Lipinski definition) is 0. The van der Waals surface area contributed by atoms with E-state index in [2.05, 4.69) is 6.92 Å². The number of benzene rings is 2. The average molecular weight is 321 g/mol. The van der Waals surface area contributed by atoms with Crippen molar-refractivity contribution in [3.8, 4) is 0 Å². The summed E-state index contributed by atoms with van der Waals surface area (Å²) in [5.41, 5.74) is 1.88. The first kappa shape index (κ1) is 14.9. The first-order chi connectivity index (χ1) is 11.6. The van der Waals surface area contributed by atoms with E-state index in [1.54, 1.807) is 0 Å². The van der Waals surface area contributed by atoms with Gasteiger partial charge >= 0.3 is 6.09 Å². The van der Waals surface area contributed by atoms with Gasteiger partial charge in [-0.1, -0.05) is 67.6 Å². The molecule has 4 rings (SSSR count). The Kier molecular flexibility index (Phi) is 3.41. The average Bonchev–Trinajstić information content (AvgIpc) is 3.18. The predicted octanol–water partition coefficient (Wildman–Crippen LogP) is 3.68. The third-order valence-electron chi connectivity index (χ3n) is 5.26. The van der Waals surface area contributed by atoms with Gasteiger partial charge in [0.15, 0.2) is 0 Å². The van der Waals surface area contributed by atoms with E-state index in [4.69, 9.17) is 4.74 Å². The Bertz CT molecular complexity index is 774. The van der Waals surface area contributed by atoms with Crippen LogP contribution in [0.3, 0.4) is 0 Å². The molecule has 2 aliphatic rings. The van der Waals surface area contributed by atoms with E-state index in [1.165, 1.54) is 4.90 Å². The second-order valence-electron chi connectivity index (χ2n) is 6.75. The number of nitrogens with zero attached hydrogens (tertiary/aromatic N) is 1. The number of carbonyl (C=O) groups is 2. The lowest BCUT2D eigenvalue weighted by Crippen LogP contribution is -2.36. The first-order valence-electron chi connectivity index (χ1n) is 8.21. The molecular weight excluding hydrogens is 302 g/mol. The van der Waals surface area contributed by atoms with Crippen molar-refractivity contribution >= 4 is 12.0 Å². The van der Waals surface area contributed by atoms with Crippen LogP contribution in [0, 0.1) is 5.92 Å². The molecule has 1 unspecified atom stereocenters. The Balaban J connectivity index is 1.59. The van der Waals surface area contributed by atoms with Crippen LogP contribution in [0.25, 0.3) is 0 Å². The van der Waals surface area contributed by atoms with E-state index in [1.807, 2.05) is 60.7 Å². The highest BCUT2D eigenvalue weighted by Gasteiger charge is 2.59. The topological polar surface area (TPSA) is 46.6 Å². The Labute approximate surface area is 141 Å². The number of hydrogen-bond acceptors (Lipinski definition) is 3. The lowest BCUT2D eigenvalue weighted by molar-refractivity contribution is -0.131. The fraction of sp³-hybridized carbons (Fsp3) is 0.300. The molecule has 4 heteroatoms. The predicted molar refractivity (Wildman–Crippen MR) is 89.3 cm³/mol. The highest BCUT2D eigenvalue weighted by atomic mass is 16.6. The van der Waals surface area contributed by atoms with Gasteiger partial charge in [-0.25, -0.2) is 9.69 Å². The van der Waals surface area contributed by atoms with Crippen LogP contribution in [0.2, 0.25) is 0 Å². The Morgan fingerprint density at radius 3 is 2.38 bits per heavy atom. The third kappa shape index (κ3) is 2.30. The van der Waals surface area contributed by atoms with Gasteiger partial charge in [-0.05, 0) is 17.5 Å².